The van der Waals surface area contributed by atoms with Crippen LogP contribution in [0, 0.1) is 11.3 Å². The average Bonchev–Trinajstić information content (AvgIpc) is 1.98. The van der Waals surface area contributed by atoms with Crippen LogP contribution in [-0.2, 0) is 4.79 Å². The van der Waals surface area contributed by atoms with Gasteiger partial charge in [-0.05, 0) is 35.8 Å². The molecule has 0 N–H and O–H groups in total. The van der Waals surface area contributed by atoms with Crippen LogP contribution in [0.3, 0.4) is 0 Å². The number of carbonyl (C=O) groups excluding carboxylic acids is 1. The Kier molecular flexibility index (Phi) is 2.98. The first-order chi connectivity index (χ1) is 6.33. The summed E-state index contributed by atoms with van der Waals surface area (Å²) in [6.07, 6.45) is 3.63. The second-order valence-electron chi connectivity index (χ2n) is 5.30. The summed E-state index contributed by atoms with van der Waals surface area (Å²) in [5, 5.41) is 0. The second-order valence-corrected chi connectivity index (χ2v) is 5.30. The van der Waals surface area contributed by atoms with Gasteiger partial charge >= 0.3 is 0 Å². The topological polar surface area (TPSA) is 17.1 Å². The minimum Gasteiger partial charge on any atom is -0.290 e. The molecule has 0 radical (unpaired) electrons. The molecule has 0 fully saturated rings. The molecule has 1 rings (SSSR count). The van der Waals surface area contributed by atoms with Gasteiger partial charge in [0.05, 0.1) is 0 Å². The highest BCUT2D eigenvalue weighted by molar-refractivity contribution is 6.05. The molecule has 0 bridgehead atoms. The molecule has 1 aliphatic carbocycles. The number of carbonyl (C=O) groups is 1. The standard InChI is InChI=1S/C13H20O/c1-9(2)6-11-7-12(14)10(3)8-13(11,4)5/h7,9H,3,6,8H2,1-2,4-5H3. The average molecular weight is 192 g/mol. The highest BCUT2D eigenvalue weighted by Gasteiger charge is 2.30. The predicted octanol–water partition coefficient (Wildman–Crippen LogP) is 3.51. The van der Waals surface area contributed by atoms with Gasteiger partial charge in [0, 0.05) is 0 Å². The summed E-state index contributed by atoms with van der Waals surface area (Å²) in [6, 6.07) is 0. The van der Waals surface area contributed by atoms with E-state index < -0.39 is 0 Å². The minimum atomic E-state index is 0.120. The van der Waals surface area contributed by atoms with Gasteiger partial charge in [-0.3, -0.25) is 4.79 Å². The summed E-state index contributed by atoms with van der Waals surface area (Å²) < 4.78 is 0. The largest absolute Gasteiger partial charge is 0.290 e. The van der Waals surface area contributed by atoms with Gasteiger partial charge in [0.15, 0.2) is 5.78 Å². The van der Waals surface area contributed by atoms with Crippen molar-refractivity contribution in [2.75, 3.05) is 0 Å². The van der Waals surface area contributed by atoms with Gasteiger partial charge in [0.2, 0.25) is 0 Å². The van der Waals surface area contributed by atoms with Crippen molar-refractivity contribution in [1.29, 1.82) is 0 Å². The molecule has 0 heterocycles. The van der Waals surface area contributed by atoms with Crippen LogP contribution in [0.5, 0.6) is 0 Å². The molecule has 0 spiro atoms. The molecule has 0 aromatic carbocycles. The summed E-state index contributed by atoms with van der Waals surface area (Å²) >= 11 is 0. The molecule has 78 valence electrons. The third-order valence-electron chi connectivity index (χ3n) is 2.81. The molecule has 0 aromatic rings. The molecular formula is C13H20O. The highest BCUT2D eigenvalue weighted by atomic mass is 16.1. The smallest absolute Gasteiger partial charge is 0.181 e. The summed E-state index contributed by atoms with van der Waals surface area (Å²) in [4.78, 5) is 11.5. The first kappa shape index (κ1) is 11.2. The summed E-state index contributed by atoms with van der Waals surface area (Å²) in [5.41, 5.74) is 2.15. The Morgan fingerprint density at radius 2 is 2.07 bits per heavy atom. The fourth-order valence-electron chi connectivity index (χ4n) is 1.96. The SMILES string of the molecule is C=C1CC(C)(C)C(CC(C)C)=CC1=O. The van der Waals surface area contributed by atoms with Gasteiger partial charge < -0.3 is 0 Å². The van der Waals surface area contributed by atoms with E-state index in [2.05, 4.69) is 34.3 Å². The third kappa shape index (κ3) is 2.34. The van der Waals surface area contributed by atoms with Crippen LogP contribution in [0.4, 0.5) is 0 Å². The van der Waals surface area contributed by atoms with Gasteiger partial charge in [-0.1, -0.05) is 39.8 Å². The third-order valence-corrected chi connectivity index (χ3v) is 2.81. The van der Waals surface area contributed by atoms with E-state index >= 15 is 0 Å². The molecule has 0 saturated carbocycles. The van der Waals surface area contributed by atoms with Crippen molar-refractivity contribution in [2.45, 2.75) is 40.5 Å². The van der Waals surface area contributed by atoms with Crippen LogP contribution in [0.2, 0.25) is 0 Å². The molecule has 0 unspecified atom stereocenters. The van der Waals surface area contributed by atoms with Gasteiger partial charge in [-0.2, -0.15) is 0 Å². The molecule has 0 aromatic heterocycles. The first-order valence-electron chi connectivity index (χ1n) is 5.26. The Bertz CT molecular complexity index is 292. The van der Waals surface area contributed by atoms with Crippen molar-refractivity contribution >= 4 is 5.78 Å². The molecule has 0 saturated heterocycles. The van der Waals surface area contributed by atoms with E-state index in [9.17, 15) is 4.79 Å². The number of hydrogen-bond donors (Lipinski definition) is 0. The van der Waals surface area contributed by atoms with Crippen molar-refractivity contribution in [2.24, 2.45) is 11.3 Å². The summed E-state index contributed by atoms with van der Waals surface area (Å²) in [7, 11) is 0. The van der Waals surface area contributed by atoms with Crippen molar-refractivity contribution in [3.63, 3.8) is 0 Å². The molecular weight excluding hydrogens is 172 g/mol. The van der Waals surface area contributed by atoms with Crippen LogP contribution in [0.25, 0.3) is 0 Å². The molecule has 0 amide bonds. The number of allylic oxidation sites excluding steroid dienone is 3. The van der Waals surface area contributed by atoms with Crippen molar-refractivity contribution in [1.82, 2.24) is 0 Å². The molecule has 14 heavy (non-hydrogen) atoms. The monoisotopic (exact) mass is 192 g/mol. The van der Waals surface area contributed by atoms with Crippen molar-refractivity contribution in [3.8, 4) is 0 Å². The quantitative estimate of drug-likeness (QED) is 0.612. The zero-order valence-corrected chi connectivity index (χ0v) is 9.68. The fraction of sp³-hybridized carbons (Fsp3) is 0.615. The summed E-state index contributed by atoms with van der Waals surface area (Å²) in [6.45, 7) is 12.6. The van der Waals surface area contributed by atoms with E-state index in [1.165, 1.54) is 5.57 Å². The lowest BCUT2D eigenvalue weighted by Gasteiger charge is -2.33. The van der Waals surface area contributed by atoms with Gasteiger partial charge in [0.25, 0.3) is 0 Å². The number of rotatable bonds is 2. The Labute approximate surface area is 86.9 Å². The van der Waals surface area contributed by atoms with Crippen LogP contribution < -0.4 is 0 Å². The van der Waals surface area contributed by atoms with E-state index in [0.29, 0.717) is 5.92 Å². The molecule has 1 nitrogen and oxygen atoms in total. The molecule has 1 heteroatoms. The Balaban J connectivity index is 2.95. The number of hydrogen-bond acceptors (Lipinski definition) is 1. The van der Waals surface area contributed by atoms with Crippen LogP contribution in [-0.4, -0.2) is 5.78 Å². The van der Waals surface area contributed by atoms with E-state index in [1.807, 2.05) is 0 Å². The first-order valence-corrected chi connectivity index (χ1v) is 5.26. The second kappa shape index (κ2) is 3.72. The fourth-order valence-corrected chi connectivity index (χ4v) is 1.96. The lowest BCUT2D eigenvalue weighted by atomic mass is 9.71. The zero-order valence-electron chi connectivity index (χ0n) is 9.68. The maximum Gasteiger partial charge on any atom is 0.181 e. The minimum absolute atomic E-state index is 0.120. The summed E-state index contributed by atoms with van der Waals surface area (Å²) in [5.74, 6) is 0.736. The van der Waals surface area contributed by atoms with Crippen LogP contribution in [0.1, 0.15) is 40.5 Å². The van der Waals surface area contributed by atoms with Crippen molar-refractivity contribution < 1.29 is 4.79 Å². The lowest BCUT2D eigenvalue weighted by molar-refractivity contribution is -0.112. The zero-order chi connectivity index (χ0) is 10.9. The van der Waals surface area contributed by atoms with E-state index in [4.69, 9.17) is 0 Å². The van der Waals surface area contributed by atoms with Gasteiger partial charge in [-0.15, -0.1) is 0 Å². The molecule has 0 aliphatic heterocycles. The highest BCUT2D eigenvalue weighted by Crippen LogP contribution is 2.40. The van der Waals surface area contributed by atoms with Gasteiger partial charge in [-0.25, -0.2) is 0 Å². The number of ketones is 1. The maximum absolute atomic E-state index is 11.5. The Hall–Kier alpha value is -0.850. The predicted molar refractivity (Wildman–Crippen MR) is 60.1 cm³/mol. The molecule has 0 atom stereocenters. The molecule has 1 aliphatic rings. The van der Waals surface area contributed by atoms with Gasteiger partial charge in [0.1, 0.15) is 0 Å². The van der Waals surface area contributed by atoms with Crippen LogP contribution >= 0.6 is 0 Å². The van der Waals surface area contributed by atoms with Crippen molar-refractivity contribution in [3.05, 3.63) is 23.8 Å². The van der Waals surface area contributed by atoms with Crippen LogP contribution in [0.15, 0.2) is 23.8 Å². The Morgan fingerprint density at radius 1 is 1.50 bits per heavy atom. The lowest BCUT2D eigenvalue weighted by Crippen LogP contribution is -2.24. The maximum atomic E-state index is 11.5. The van der Waals surface area contributed by atoms with E-state index in [1.54, 1.807) is 6.08 Å². The van der Waals surface area contributed by atoms with E-state index in [0.717, 1.165) is 18.4 Å². The van der Waals surface area contributed by atoms with E-state index in [-0.39, 0.29) is 11.2 Å². The normalized spacial score (nSPS) is 21.4. The Morgan fingerprint density at radius 3 is 2.57 bits per heavy atom.